The molecule has 1 aliphatic rings. The van der Waals surface area contributed by atoms with Crippen LogP contribution in [0.25, 0.3) is 5.82 Å². The lowest BCUT2D eigenvalue weighted by Crippen LogP contribution is -2.40. The van der Waals surface area contributed by atoms with Crippen molar-refractivity contribution >= 4 is 23.5 Å². The number of carbonyl (C=O) groups excluding carboxylic acids is 3. The van der Waals surface area contributed by atoms with Crippen molar-refractivity contribution in [3.05, 3.63) is 77.2 Å². The first kappa shape index (κ1) is 19.4. The molecule has 0 spiro atoms. The summed E-state index contributed by atoms with van der Waals surface area (Å²) in [6.07, 6.45) is 1.71. The van der Waals surface area contributed by atoms with Gasteiger partial charge in [-0.25, -0.2) is 9.78 Å². The number of hydrogen-bond acceptors (Lipinski definition) is 4. The number of hydrogen-bond donors (Lipinski definition) is 3. The lowest BCUT2D eigenvalue weighted by Gasteiger charge is -2.21. The highest BCUT2D eigenvalue weighted by Gasteiger charge is 2.43. The first-order chi connectivity index (χ1) is 14.3. The standard InChI is InChI=1S/C22H21N5O3/c1-13-11-17(14(2)27(13)18-9-4-5-10-23-18)19(28)24-16-8-6-7-15(12-16)22(3)20(29)25-21(30)26-22/h4-12H,1-3H3,(H,24,28)(H2,25,26,29,30). The van der Waals surface area contributed by atoms with Crippen molar-refractivity contribution in [1.29, 1.82) is 0 Å². The molecule has 1 atom stereocenters. The molecule has 4 rings (SSSR count). The molecule has 0 aliphatic carbocycles. The van der Waals surface area contributed by atoms with Gasteiger partial charge in [-0.15, -0.1) is 0 Å². The summed E-state index contributed by atoms with van der Waals surface area (Å²) in [6, 6.07) is 13.8. The van der Waals surface area contributed by atoms with E-state index in [1.54, 1.807) is 37.4 Å². The van der Waals surface area contributed by atoms with Crippen LogP contribution in [0.2, 0.25) is 0 Å². The number of pyridine rings is 1. The number of nitrogens with zero attached hydrogens (tertiary/aromatic N) is 2. The lowest BCUT2D eigenvalue weighted by molar-refractivity contribution is -0.123. The fourth-order valence-corrected chi connectivity index (χ4v) is 3.68. The Labute approximate surface area is 173 Å². The van der Waals surface area contributed by atoms with Crippen molar-refractivity contribution < 1.29 is 14.4 Å². The van der Waals surface area contributed by atoms with E-state index in [9.17, 15) is 14.4 Å². The Bertz CT molecular complexity index is 1170. The number of amides is 4. The van der Waals surface area contributed by atoms with Crippen LogP contribution in [0.1, 0.15) is 34.2 Å². The molecule has 3 aromatic rings. The van der Waals surface area contributed by atoms with E-state index in [1.807, 2.05) is 42.7 Å². The minimum atomic E-state index is -1.19. The zero-order chi connectivity index (χ0) is 21.5. The number of benzene rings is 1. The van der Waals surface area contributed by atoms with E-state index in [-0.39, 0.29) is 5.91 Å². The molecule has 1 aromatic carbocycles. The number of nitrogens with one attached hydrogen (secondary N) is 3. The van der Waals surface area contributed by atoms with Gasteiger partial charge in [0.05, 0.1) is 5.56 Å². The molecule has 1 fully saturated rings. The molecule has 2 aromatic heterocycles. The predicted molar refractivity (Wildman–Crippen MR) is 111 cm³/mol. The molecule has 1 unspecified atom stereocenters. The molecule has 3 N–H and O–H groups in total. The van der Waals surface area contributed by atoms with Crippen LogP contribution in [0.3, 0.4) is 0 Å². The molecule has 1 aliphatic heterocycles. The molecule has 8 nitrogen and oxygen atoms in total. The maximum atomic E-state index is 13.0. The van der Waals surface area contributed by atoms with Crippen molar-refractivity contribution in [3.8, 4) is 5.82 Å². The van der Waals surface area contributed by atoms with Crippen molar-refractivity contribution in [1.82, 2.24) is 20.2 Å². The van der Waals surface area contributed by atoms with E-state index in [2.05, 4.69) is 20.9 Å². The maximum Gasteiger partial charge on any atom is 0.322 e. The smallest absolute Gasteiger partial charge is 0.322 e. The summed E-state index contributed by atoms with van der Waals surface area (Å²) in [4.78, 5) is 41.1. The highest BCUT2D eigenvalue weighted by molar-refractivity contribution is 6.08. The summed E-state index contributed by atoms with van der Waals surface area (Å²) in [7, 11) is 0. The zero-order valence-electron chi connectivity index (χ0n) is 16.8. The summed E-state index contributed by atoms with van der Waals surface area (Å²) >= 11 is 0. The van der Waals surface area contributed by atoms with Crippen molar-refractivity contribution in [3.63, 3.8) is 0 Å². The fourth-order valence-electron chi connectivity index (χ4n) is 3.68. The van der Waals surface area contributed by atoms with Crippen LogP contribution in [-0.4, -0.2) is 27.4 Å². The summed E-state index contributed by atoms with van der Waals surface area (Å²) in [6.45, 7) is 5.41. The SMILES string of the molecule is Cc1cc(C(=O)Nc2cccc(C3(C)NC(=O)NC3=O)c2)c(C)n1-c1ccccn1. The second-order valence-corrected chi connectivity index (χ2v) is 7.38. The maximum absolute atomic E-state index is 13.0. The Balaban J connectivity index is 1.62. The number of carbonyl (C=O) groups is 3. The van der Waals surface area contributed by atoms with Gasteiger partial charge in [0.1, 0.15) is 11.4 Å². The van der Waals surface area contributed by atoms with Gasteiger partial charge in [-0.1, -0.05) is 18.2 Å². The molecule has 3 heterocycles. The monoisotopic (exact) mass is 403 g/mol. The number of aromatic nitrogens is 2. The van der Waals surface area contributed by atoms with Gasteiger partial charge < -0.3 is 15.2 Å². The molecule has 30 heavy (non-hydrogen) atoms. The van der Waals surface area contributed by atoms with Gasteiger partial charge in [-0.3, -0.25) is 14.9 Å². The van der Waals surface area contributed by atoms with Crippen LogP contribution >= 0.6 is 0 Å². The Hall–Kier alpha value is -3.94. The highest BCUT2D eigenvalue weighted by Crippen LogP contribution is 2.27. The van der Waals surface area contributed by atoms with E-state index in [0.717, 1.165) is 17.2 Å². The number of urea groups is 1. The third kappa shape index (κ3) is 3.22. The quantitative estimate of drug-likeness (QED) is 0.583. The average molecular weight is 403 g/mol. The van der Waals surface area contributed by atoms with E-state index < -0.39 is 17.5 Å². The Morgan fingerprint density at radius 1 is 1.10 bits per heavy atom. The lowest BCUT2D eigenvalue weighted by atomic mass is 9.92. The average Bonchev–Trinajstić information content (AvgIpc) is 3.17. The Morgan fingerprint density at radius 3 is 2.57 bits per heavy atom. The second kappa shape index (κ2) is 7.14. The number of imide groups is 1. The second-order valence-electron chi connectivity index (χ2n) is 7.38. The van der Waals surface area contributed by atoms with Crippen LogP contribution in [0.15, 0.2) is 54.7 Å². The predicted octanol–water partition coefficient (Wildman–Crippen LogP) is 2.80. The van der Waals surface area contributed by atoms with Gasteiger partial charge in [0.2, 0.25) is 0 Å². The van der Waals surface area contributed by atoms with E-state index in [0.29, 0.717) is 16.8 Å². The van der Waals surface area contributed by atoms with Crippen LogP contribution in [0.5, 0.6) is 0 Å². The largest absolute Gasteiger partial charge is 0.322 e. The van der Waals surface area contributed by atoms with Gasteiger partial charge in [0.25, 0.3) is 11.8 Å². The molecular formula is C22H21N5O3. The molecule has 8 heteroatoms. The molecule has 0 saturated carbocycles. The Morgan fingerprint density at radius 2 is 1.90 bits per heavy atom. The molecule has 4 amide bonds. The first-order valence-corrected chi connectivity index (χ1v) is 9.45. The van der Waals surface area contributed by atoms with Gasteiger partial charge >= 0.3 is 6.03 Å². The third-order valence-electron chi connectivity index (χ3n) is 5.30. The number of rotatable bonds is 4. The normalized spacial score (nSPS) is 18.1. The Kier molecular flexibility index (Phi) is 4.62. The van der Waals surface area contributed by atoms with Gasteiger partial charge in [-0.2, -0.15) is 0 Å². The molecule has 152 valence electrons. The van der Waals surface area contributed by atoms with Gasteiger partial charge in [0, 0.05) is 23.3 Å². The third-order valence-corrected chi connectivity index (χ3v) is 5.30. The van der Waals surface area contributed by atoms with E-state index >= 15 is 0 Å². The van der Waals surface area contributed by atoms with E-state index in [4.69, 9.17) is 0 Å². The number of anilines is 1. The summed E-state index contributed by atoms with van der Waals surface area (Å²) in [5, 5.41) is 7.74. The van der Waals surface area contributed by atoms with Crippen LogP contribution < -0.4 is 16.0 Å². The van der Waals surface area contributed by atoms with E-state index in [1.165, 1.54) is 0 Å². The van der Waals surface area contributed by atoms with Crippen LogP contribution in [0.4, 0.5) is 10.5 Å². The van der Waals surface area contributed by atoms with Gasteiger partial charge in [0.15, 0.2) is 0 Å². The minimum absolute atomic E-state index is 0.271. The molecule has 0 radical (unpaired) electrons. The zero-order valence-corrected chi connectivity index (χ0v) is 16.8. The highest BCUT2D eigenvalue weighted by atomic mass is 16.2. The first-order valence-electron chi connectivity index (χ1n) is 9.45. The van der Waals surface area contributed by atoms with Crippen LogP contribution in [0, 0.1) is 13.8 Å². The van der Waals surface area contributed by atoms with Gasteiger partial charge in [-0.05, 0) is 56.7 Å². The molecule has 1 saturated heterocycles. The van der Waals surface area contributed by atoms with Crippen LogP contribution in [-0.2, 0) is 10.3 Å². The topological polar surface area (TPSA) is 105 Å². The number of aryl methyl sites for hydroxylation is 1. The van der Waals surface area contributed by atoms with Crippen molar-refractivity contribution in [2.45, 2.75) is 26.3 Å². The van der Waals surface area contributed by atoms with Crippen molar-refractivity contribution in [2.24, 2.45) is 0 Å². The molecule has 0 bridgehead atoms. The fraction of sp³-hybridized carbons (Fsp3) is 0.182. The summed E-state index contributed by atoms with van der Waals surface area (Å²) < 4.78 is 1.92. The van der Waals surface area contributed by atoms with Crippen molar-refractivity contribution in [2.75, 3.05) is 5.32 Å². The summed E-state index contributed by atoms with van der Waals surface area (Å²) in [5.41, 5.74) is 2.10. The molecular weight excluding hydrogens is 382 g/mol. The minimum Gasteiger partial charge on any atom is -0.322 e. The summed E-state index contributed by atoms with van der Waals surface area (Å²) in [5.74, 6) is 0.0341.